The first-order valence-corrected chi connectivity index (χ1v) is 8.76. The highest BCUT2D eigenvalue weighted by Crippen LogP contribution is 2.25. The van der Waals surface area contributed by atoms with E-state index in [1.54, 1.807) is 50.4 Å². The van der Waals surface area contributed by atoms with Gasteiger partial charge in [-0.15, -0.1) is 11.8 Å². The minimum absolute atomic E-state index is 0.346. The third-order valence-corrected chi connectivity index (χ3v) is 4.50. The second-order valence-corrected chi connectivity index (χ2v) is 6.95. The number of halogens is 1. The van der Waals surface area contributed by atoms with Gasteiger partial charge in [-0.25, -0.2) is 0 Å². The molecule has 0 aliphatic heterocycles. The lowest BCUT2D eigenvalue weighted by atomic mass is 10.3. The Morgan fingerprint density at radius 1 is 1.20 bits per heavy atom. The summed E-state index contributed by atoms with van der Waals surface area (Å²) in [6, 6.07) is 14.1. The van der Waals surface area contributed by atoms with Gasteiger partial charge < -0.3 is 14.8 Å². The smallest absolute Gasteiger partial charge is 0.319 e. The van der Waals surface area contributed by atoms with Crippen molar-refractivity contribution >= 4 is 40.9 Å². The predicted octanol–water partition coefficient (Wildman–Crippen LogP) is 4.01. The van der Waals surface area contributed by atoms with Gasteiger partial charge in [-0.05, 0) is 43.3 Å². The molecular weight excluding hydrogens is 362 g/mol. The van der Waals surface area contributed by atoms with Gasteiger partial charge in [0, 0.05) is 21.7 Å². The Bertz CT molecular complexity index is 736. The minimum atomic E-state index is -0.458. The molecular formula is C18H18ClNO4S. The van der Waals surface area contributed by atoms with Crippen LogP contribution >= 0.6 is 23.4 Å². The summed E-state index contributed by atoms with van der Waals surface area (Å²) in [7, 11) is 1.54. The van der Waals surface area contributed by atoms with Crippen molar-refractivity contribution in [1.82, 2.24) is 0 Å². The lowest BCUT2D eigenvalue weighted by Gasteiger charge is -2.12. The van der Waals surface area contributed by atoms with E-state index in [2.05, 4.69) is 5.32 Å². The number of hydrogen-bond acceptors (Lipinski definition) is 5. The first-order valence-electron chi connectivity index (χ1n) is 7.50. The summed E-state index contributed by atoms with van der Waals surface area (Å²) in [4.78, 5) is 24.8. The molecule has 2 rings (SSSR count). The maximum Gasteiger partial charge on any atom is 0.319 e. The summed E-state index contributed by atoms with van der Waals surface area (Å²) in [6.07, 6.45) is 0. The molecule has 2 aromatic carbocycles. The topological polar surface area (TPSA) is 64.6 Å². The molecule has 1 atom stereocenters. The van der Waals surface area contributed by atoms with Gasteiger partial charge >= 0.3 is 5.97 Å². The maximum atomic E-state index is 12.0. The number of thioether (sulfide) groups is 1. The molecule has 0 aliphatic rings. The second kappa shape index (κ2) is 9.34. The Labute approximate surface area is 155 Å². The number of carbonyl (C=O) groups excluding carboxylic acids is 2. The fourth-order valence-corrected chi connectivity index (χ4v) is 2.91. The molecule has 5 nitrogen and oxygen atoms in total. The molecule has 0 heterocycles. The fraction of sp³-hybridized carbons (Fsp3) is 0.222. The molecule has 25 heavy (non-hydrogen) atoms. The van der Waals surface area contributed by atoms with E-state index in [-0.39, 0.29) is 6.61 Å². The summed E-state index contributed by atoms with van der Waals surface area (Å²) in [5, 5.41) is 2.84. The molecule has 0 unspecified atom stereocenters. The third kappa shape index (κ3) is 6.32. The zero-order valence-corrected chi connectivity index (χ0v) is 15.4. The van der Waals surface area contributed by atoms with Crippen LogP contribution in [0.1, 0.15) is 6.92 Å². The lowest BCUT2D eigenvalue weighted by Crippen LogP contribution is -2.24. The highest BCUT2D eigenvalue weighted by Gasteiger charge is 2.17. The van der Waals surface area contributed by atoms with E-state index in [1.807, 2.05) is 12.1 Å². The minimum Gasteiger partial charge on any atom is -0.497 e. The van der Waals surface area contributed by atoms with Gasteiger partial charge in [-0.1, -0.05) is 17.7 Å². The van der Waals surface area contributed by atoms with Crippen LogP contribution in [0.2, 0.25) is 5.02 Å². The monoisotopic (exact) mass is 379 g/mol. The van der Waals surface area contributed by atoms with Gasteiger partial charge in [-0.2, -0.15) is 0 Å². The van der Waals surface area contributed by atoms with E-state index in [1.165, 1.54) is 11.8 Å². The number of nitrogens with one attached hydrogen (secondary N) is 1. The molecule has 0 spiro atoms. The quantitative estimate of drug-likeness (QED) is 0.581. The molecule has 2 aromatic rings. The number of anilines is 1. The lowest BCUT2D eigenvalue weighted by molar-refractivity contribution is -0.146. The van der Waals surface area contributed by atoms with Crippen molar-refractivity contribution in [1.29, 1.82) is 0 Å². The Hall–Kier alpha value is -2.18. The molecule has 0 saturated heterocycles. The molecule has 0 fully saturated rings. The second-order valence-electron chi connectivity index (χ2n) is 5.10. The Morgan fingerprint density at radius 2 is 1.92 bits per heavy atom. The van der Waals surface area contributed by atoms with E-state index in [9.17, 15) is 9.59 Å². The largest absolute Gasteiger partial charge is 0.497 e. The molecule has 7 heteroatoms. The maximum absolute atomic E-state index is 12.0. The molecule has 1 amide bonds. The Morgan fingerprint density at radius 3 is 2.60 bits per heavy atom. The summed E-state index contributed by atoms with van der Waals surface area (Å²) in [5.74, 6) is -0.242. The molecule has 0 radical (unpaired) electrons. The third-order valence-electron chi connectivity index (χ3n) is 3.16. The first kappa shape index (κ1) is 19.1. The summed E-state index contributed by atoms with van der Waals surface area (Å²) in [5.41, 5.74) is 0.573. The van der Waals surface area contributed by atoms with E-state index in [0.29, 0.717) is 16.5 Å². The van der Waals surface area contributed by atoms with Crippen molar-refractivity contribution in [3.05, 3.63) is 53.6 Å². The number of rotatable bonds is 7. The van der Waals surface area contributed by atoms with E-state index < -0.39 is 17.1 Å². The molecule has 0 aromatic heterocycles. The molecule has 132 valence electrons. The van der Waals surface area contributed by atoms with Crippen molar-refractivity contribution in [2.24, 2.45) is 0 Å². The number of benzene rings is 2. The number of methoxy groups -OCH3 is 1. The van der Waals surface area contributed by atoms with Crippen LogP contribution in [0.5, 0.6) is 5.75 Å². The van der Waals surface area contributed by atoms with Gasteiger partial charge in [0.15, 0.2) is 6.61 Å². The number of hydrogen-bond donors (Lipinski definition) is 1. The van der Waals surface area contributed by atoms with Gasteiger partial charge in [0.05, 0.1) is 7.11 Å². The van der Waals surface area contributed by atoms with Crippen LogP contribution in [0.25, 0.3) is 0 Å². The van der Waals surface area contributed by atoms with Crippen molar-refractivity contribution in [3.63, 3.8) is 0 Å². The Kier molecular flexibility index (Phi) is 7.16. The van der Waals surface area contributed by atoms with Crippen LogP contribution in [-0.2, 0) is 14.3 Å². The Balaban J connectivity index is 1.79. The number of carbonyl (C=O) groups is 2. The van der Waals surface area contributed by atoms with Gasteiger partial charge in [0.1, 0.15) is 11.0 Å². The van der Waals surface area contributed by atoms with E-state index >= 15 is 0 Å². The van der Waals surface area contributed by atoms with Crippen LogP contribution in [0.4, 0.5) is 5.69 Å². The summed E-state index contributed by atoms with van der Waals surface area (Å²) >= 11 is 7.17. The first-order chi connectivity index (χ1) is 12.0. The van der Waals surface area contributed by atoms with Gasteiger partial charge in [0.25, 0.3) is 5.91 Å². The summed E-state index contributed by atoms with van der Waals surface area (Å²) in [6.45, 7) is 1.38. The van der Waals surface area contributed by atoms with Crippen LogP contribution in [0, 0.1) is 0 Å². The number of esters is 1. The van der Waals surface area contributed by atoms with Gasteiger partial charge in [-0.3, -0.25) is 9.59 Å². The van der Waals surface area contributed by atoms with Crippen LogP contribution < -0.4 is 10.1 Å². The van der Waals surface area contributed by atoms with E-state index in [4.69, 9.17) is 21.1 Å². The number of ether oxygens (including phenoxy) is 2. The number of amides is 1. The average Bonchev–Trinajstić information content (AvgIpc) is 2.61. The molecule has 0 bridgehead atoms. The standard InChI is InChI=1S/C18H18ClNO4S/c1-12(25-16-8-6-13(19)7-9-16)18(22)24-11-17(21)20-14-4-3-5-15(10-14)23-2/h3-10,12H,11H2,1-2H3,(H,20,21)/t12-/m1/s1. The van der Waals surface area contributed by atoms with E-state index in [0.717, 1.165) is 4.90 Å². The van der Waals surface area contributed by atoms with Crippen molar-refractivity contribution in [2.45, 2.75) is 17.1 Å². The average molecular weight is 380 g/mol. The SMILES string of the molecule is COc1cccc(NC(=O)COC(=O)[C@@H](C)Sc2ccc(Cl)cc2)c1. The zero-order valence-electron chi connectivity index (χ0n) is 13.8. The fourth-order valence-electron chi connectivity index (χ4n) is 1.92. The molecule has 1 N–H and O–H groups in total. The van der Waals surface area contributed by atoms with Crippen molar-refractivity contribution in [3.8, 4) is 5.75 Å². The van der Waals surface area contributed by atoms with Gasteiger partial charge in [0.2, 0.25) is 0 Å². The highest BCUT2D eigenvalue weighted by atomic mass is 35.5. The van der Waals surface area contributed by atoms with Crippen LogP contribution in [0.3, 0.4) is 0 Å². The highest BCUT2D eigenvalue weighted by molar-refractivity contribution is 8.00. The van der Waals surface area contributed by atoms with Crippen molar-refractivity contribution < 1.29 is 19.1 Å². The molecule has 0 aliphatic carbocycles. The predicted molar refractivity (Wildman–Crippen MR) is 99.4 cm³/mol. The zero-order chi connectivity index (χ0) is 18.2. The summed E-state index contributed by atoms with van der Waals surface area (Å²) < 4.78 is 10.1. The van der Waals surface area contributed by atoms with Crippen molar-refractivity contribution in [2.75, 3.05) is 19.0 Å². The molecule has 0 saturated carbocycles. The normalized spacial score (nSPS) is 11.5. The van der Waals surface area contributed by atoms with Crippen LogP contribution in [0.15, 0.2) is 53.4 Å². The van der Waals surface area contributed by atoms with Crippen LogP contribution in [-0.4, -0.2) is 30.8 Å².